The molecule has 0 bridgehead atoms. The van der Waals surface area contributed by atoms with E-state index >= 15 is 0 Å². The first kappa shape index (κ1) is 20.8. The summed E-state index contributed by atoms with van der Waals surface area (Å²) in [6.45, 7) is 8.17. The largest absolute Gasteiger partial charge is 0.332 e. The third-order valence-electron chi connectivity index (χ3n) is 6.02. The fraction of sp³-hybridized carbons (Fsp3) is 0.762. The highest BCUT2D eigenvalue weighted by molar-refractivity contribution is 5.71. The van der Waals surface area contributed by atoms with Crippen LogP contribution in [0.2, 0.25) is 0 Å². The summed E-state index contributed by atoms with van der Waals surface area (Å²) >= 11 is 0. The smallest absolute Gasteiger partial charge is 0.321 e. The maximum absolute atomic E-state index is 12.9. The van der Waals surface area contributed by atoms with Crippen LogP contribution in [-0.4, -0.2) is 36.7 Å². The van der Waals surface area contributed by atoms with Crippen molar-refractivity contribution in [3.05, 3.63) is 26.7 Å². The van der Waals surface area contributed by atoms with Gasteiger partial charge in [-0.15, -0.1) is 0 Å². The molecule has 0 unspecified atom stereocenters. The number of nitrogens with zero attached hydrogens (tertiary/aromatic N) is 5. The number of unbranched alkanes of at least 4 members (excludes halogenated alkanes) is 4. The molecule has 0 aromatic carbocycles. The first-order valence-electron chi connectivity index (χ1n) is 10.8. The van der Waals surface area contributed by atoms with Gasteiger partial charge in [0, 0.05) is 27.2 Å². The zero-order chi connectivity index (χ0) is 20.3. The highest BCUT2D eigenvalue weighted by atomic mass is 16.2. The Bertz CT molecular complexity index is 923. The lowest BCUT2D eigenvalue weighted by Crippen LogP contribution is -2.37. The first-order chi connectivity index (χ1) is 13.4. The van der Waals surface area contributed by atoms with E-state index < -0.39 is 0 Å². The minimum atomic E-state index is -0.316. The molecule has 3 heterocycles. The van der Waals surface area contributed by atoms with Crippen LogP contribution in [0.25, 0.3) is 11.2 Å². The molecule has 1 aliphatic rings. The van der Waals surface area contributed by atoms with Crippen molar-refractivity contribution >= 4 is 11.2 Å². The molecule has 1 aliphatic heterocycles. The van der Waals surface area contributed by atoms with Gasteiger partial charge in [0.05, 0.1) is 6.54 Å². The van der Waals surface area contributed by atoms with Crippen molar-refractivity contribution in [1.82, 2.24) is 23.6 Å². The Kier molecular flexibility index (Phi) is 6.75. The lowest BCUT2D eigenvalue weighted by atomic mass is 10.0. The zero-order valence-corrected chi connectivity index (χ0v) is 17.9. The monoisotopic (exact) mass is 389 g/mol. The molecule has 1 saturated heterocycles. The van der Waals surface area contributed by atoms with E-state index in [2.05, 4.69) is 23.3 Å². The number of aryl methyl sites for hydroxylation is 2. The molecule has 0 radical (unpaired) electrons. The Morgan fingerprint density at radius 2 is 1.82 bits per heavy atom. The minimum Gasteiger partial charge on any atom is -0.321 e. The van der Waals surface area contributed by atoms with Gasteiger partial charge in [-0.05, 0) is 31.7 Å². The van der Waals surface area contributed by atoms with Crippen LogP contribution in [0, 0.1) is 5.92 Å². The second-order valence-electron chi connectivity index (χ2n) is 8.45. The van der Waals surface area contributed by atoms with E-state index in [1.54, 1.807) is 14.1 Å². The maximum atomic E-state index is 12.9. The number of hydrogen-bond donors (Lipinski definition) is 0. The van der Waals surface area contributed by atoms with Crippen LogP contribution >= 0.6 is 0 Å². The standard InChI is InChI=1S/C21H35N5O2/c1-5-6-7-8-9-13-26-17(15-25-12-10-11-16(2)14-25)22-19-18(26)20(27)24(4)21(28)23(19)3/h16H,5-15H2,1-4H3/t16-/m1/s1. The van der Waals surface area contributed by atoms with Crippen molar-refractivity contribution in [1.29, 1.82) is 0 Å². The molecule has 0 spiro atoms. The van der Waals surface area contributed by atoms with Crippen LogP contribution in [-0.2, 0) is 27.2 Å². The van der Waals surface area contributed by atoms with Crippen LogP contribution in [0.3, 0.4) is 0 Å². The molecular weight excluding hydrogens is 354 g/mol. The number of rotatable bonds is 8. The van der Waals surface area contributed by atoms with Gasteiger partial charge in [0.25, 0.3) is 5.56 Å². The number of likely N-dealkylation sites (tertiary alicyclic amines) is 1. The average molecular weight is 390 g/mol. The number of fused-ring (bicyclic) bond motifs is 1. The fourth-order valence-electron chi connectivity index (χ4n) is 4.36. The van der Waals surface area contributed by atoms with Gasteiger partial charge in [0.1, 0.15) is 5.82 Å². The molecule has 0 amide bonds. The van der Waals surface area contributed by atoms with Crippen molar-refractivity contribution in [2.45, 2.75) is 71.9 Å². The molecule has 1 atom stereocenters. The van der Waals surface area contributed by atoms with Crippen LogP contribution in [0.5, 0.6) is 0 Å². The molecule has 2 aromatic rings. The molecule has 28 heavy (non-hydrogen) atoms. The summed E-state index contributed by atoms with van der Waals surface area (Å²) in [4.78, 5) is 32.5. The second kappa shape index (κ2) is 9.07. The normalized spacial score (nSPS) is 18.2. The van der Waals surface area contributed by atoms with E-state index in [-0.39, 0.29) is 11.2 Å². The predicted octanol–water partition coefficient (Wildman–Crippen LogP) is 2.64. The summed E-state index contributed by atoms with van der Waals surface area (Å²) < 4.78 is 4.79. The highest BCUT2D eigenvalue weighted by Crippen LogP contribution is 2.20. The van der Waals surface area contributed by atoms with Crippen molar-refractivity contribution in [2.75, 3.05) is 13.1 Å². The number of imidazole rings is 1. The third-order valence-corrected chi connectivity index (χ3v) is 6.02. The van der Waals surface area contributed by atoms with Gasteiger partial charge < -0.3 is 4.57 Å². The van der Waals surface area contributed by atoms with Crippen LogP contribution in [0.15, 0.2) is 9.59 Å². The highest BCUT2D eigenvalue weighted by Gasteiger charge is 2.22. The number of piperidine rings is 1. The average Bonchev–Trinajstić information content (AvgIpc) is 3.03. The zero-order valence-electron chi connectivity index (χ0n) is 17.9. The molecule has 7 heteroatoms. The van der Waals surface area contributed by atoms with Crippen LogP contribution in [0.1, 0.15) is 64.6 Å². The molecule has 1 fully saturated rings. The van der Waals surface area contributed by atoms with Crippen LogP contribution < -0.4 is 11.2 Å². The second-order valence-corrected chi connectivity index (χ2v) is 8.45. The van der Waals surface area contributed by atoms with Gasteiger partial charge in [-0.2, -0.15) is 0 Å². The van der Waals surface area contributed by atoms with Gasteiger partial charge in [0.15, 0.2) is 11.2 Å². The quantitative estimate of drug-likeness (QED) is 0.651. The third kappa shape index (κ3) is 4.24. The van der Waals surface area contributed by atoms with E-state index in [4.69, 9.17) is 4.98 Å². The van der Waals surface area contributed by atoms with Gasteiger partial charge in [-0.3, -0.25) is 18.8 Å². The number of hydrogen-bond acceptors (Lipinski definition) is 4. The summed E-state index contributed by atoms with van der Waals surface area (Å²) in [7, 11) is 3.25. The Morgan fingerprint density at radius 3 is 2.54 bits per heavy atom. The molecule has 0 N–H and O–H groups in total. The molecule has 3 rings (SSSR count). The summed E-state index contributed by atoms with van der Waals surface area (Å²) in [6.07, 6.45) is 8.35. The Labute approximate surface area is 167 Å². The van der Waals surface area contributed by atoms with Crippen molar-refractivity contribution in [2.24, 2.45) is 20.0 Å². The predicted molar refractivity (Wildman–Crippen MR) is 113 cm³/mol. The molecule has 0 saturated carbocycles. The van der Waals surface area contributed by atoms with E-state index in [0.29, 0.717) is 17.1 Å². The number of aromatic nitrogens is 4. The molecular formula is C21H35N5O2. The Hall–Kier alpha value is -1.89. The minimum absolute atomic E-state index is 0.238. The Morgan fingerprint density at radius 1 is 1.07 bits per heavy atom. The lowest BCUT2D eigenvalue weighted by Gasteiger charge is -2.30. The van der Waals surface area contributed by atoms with Gasteiger partial charge in [-0.1, -0.05) is 39.5 Å². The summed E-state index contributed by atoms with van der Waals surface area (Å²) in [5.41, 5.74) is 0.530. The molecule has 156 valence electrons. The van der Waals surface area contributed by atoms with Gasteiger partial charge >= 0.3 is 5.69 Å². The SMILES string of the molecule is CCCCCCCn1c(CN2CCC[C@@H](C)C2)nc2c1c(=O)n(C)c(=O)n2C. The van der Waals surface area contributed by atoms with Crippen LogP contribution in [0.4, 0.5) is 0 Å². The fourth-order valence-corrected chi connectivity index (χ4v) is 4.36. The Balaban J connectivity index is 1.96. The molecule has 2 aromatic heterocycles. The topological polar surface area (TPSA) is 65.1 Å². The van der Waals surface area contributed by atoms with Crippen molar-refractivity contribution in [3.8, 4) is 0 Å². The van der Waals surface area contributed by atoms with E-state index in [1.807, 2.05) is 0 Å². The summed E-state index contributed by atoms with van der Waals surface area (Å²) in [5, 5.41) is 0. The summed E-state index contributed by atoms with van der Waals surface area (Å²) in [6, 6.07) is 0. The van der Waals surface area contributed by atoms with Crippen molar-refractivity contribution in [3.63, 3.8) is 0 Å². The van der Waals surface area contributed by atoms with E-state index in [9.17, 15) is 9.59 Å². The summed E-state index contributed by atoms with van der Waals surface area (Å²) in [5.74, 6) is 1.61. The van der Waals surface area contributed by atoms with E-state index in [0.717, 1.165) is 44.8 Å². The lowest BCUT2D eigenvalue weighted by molar-refractivity contribution is 0.171. The van der Waals surface area contributed by atoms with Gasteiger partial charge in [-0.25, -0.2) is 9.78 Å². The maximum Gasteiger partial charge on any atom is 0.332 e. The first-order valence-corrected chi connectivity index (χ1v) is 10.8. The van der Waals surface area contributed by atoms with Crippen molar-refractivity contribution < 1.29 is 0 Å². The molecule has 7 nitrogen and oxygen atoms in total. The van der Waals surface area contributed by atoms with E-state index in [1.165, 1.54) is 41.2 Å². The molecule has 0 aliphatic carbocycles. The van der Waals surface area contributed by atoms with Gasteiger partial charge in [0.2, 0.25) is 0 Å².